The molecule has 1 aliphatic rings. The number of benzene rings is 1. The maximum atomic E-state index is 12.6. The molecular weight excluding hydrogens is 534 g/mol. The van der Waals surface area contributed by atoms with E-state index in [0.717, 1.165) is 51.7 Å². The fourth-order valence-corrected chi connectivity index (χ4v) is 7.19. The van der Waals surface area contributed by atoms with Crippen molar-refractivity contribution < 1.29 is 28.7 Å². The van der Waals surface area contributed by atoms with Crippen LogP contribution in [0.3, 0.4) is 0 Å². The van der Waals surface area contributed by atoms with E-state index in [1.807, 2.05) is 17.6 Å². The maximum absolute atomic E-state index is 12.6. The van der Waals surface area contributed by atoms with Gasteiger partial charge in [0.15, 0.2) is 4.80 Å². The lowest BCUT2D eigenvalue weighted by Crippen LogP contribution is -2.18. The van der Waals surface area contributed by atoms with E-state index in [0.29, 0.717) is 34.1 Å². The first-order valence-electron chi connectivity index (χ1n) is 11.8. The van der Waals surface area contributed by atoms with Gasteiger partial charge in [0, 0.05) is 11.4 Å². The summed E-state index contributed by atoms with van der Waals surface area (Å²) in [4.78, 5) is 55.3. The lowest BCUT2D eigenvalue weighted by Gasteiger charge is -2.06. The summed E-state index contributed by atoms with van der Waals surface area (Å²) in [7, 11) is 1.33. The van der Waals surface area contributed by atoms with E-state index < -0.39 is 11.9 Å². The number of esters is 2. The Morgan fingerprint density at radius 2 is 1.92 bits per heavy atom. The summed E-state index contributed by atoms with van der Waals surface area (Å²) in [6.07, 6.45) is 2.69. The molecule has 37 heavy (non-hydrogen) atoms. The molecule has 1 aliphatic carbocycles. The summed E-state index contributed by atoms with van der Waals surface area (Å²) >= 11 is 3.90. The fraction of sp³-hybridized carbons (Fsp3) is 0.400. The van der Waals surface area contributed by atoms with Crippen LogP contribution in [-0.2, 0) is 38.4 Å². The molecule has 4 rings (SSSR count). The van der Waals surface area contributed by atoms with Crippen LogP contribution in [0.2, 0.25) is 0 Å². The number of hydrogen-bond donors (Lipinski definition) is 1. The van der Waals surface area contributed by atoms with Gasteiger partial charge in [-0.3, -0.25) is 9.59 Å². The standard InChI is InChI=1S/C25H27N3O6S3/c1-4-28-16-10-9-14(23(31)34-5-2)11-18(16)37-25(28)27-20(30)13-35-12-19(29)26-22-21(24(32)33-3)15-7-6-8-17(15)36-22/h9-11H,4-8,12-13H2,1-3H3,(H,26,29). The molecule has 2 aromatic heterocycles. The quantitative estimate of drug-likeness (QED) is 0.392. The predicted octanol–water partition coefficient (Wildman–Crippen LogP) is 4.04. The third-order valence-corrected chi connectivity index (χ3v) is 8.92. The van der Waals surface area contributed by atoms with E-state index in [1.54, 1.807) is 19.1 Å². The Hall–Kier alpha value is -2.96. The van der Waals surface area contributed by atoms with Gasteiger partial charge < -0.3 is 19.4 Å². The summed E-state index contributed by atoms with van der Waals surface area (Å²) < 4.78 is 12.7. The number of fused-ring (bicyclic) bond motifs is 2. The van der Waals surface area contributed by atoms with E-state index in [1.165, 1.54) is 29.8 Å². The largest absolute Gasteiger partial charge is 0.465 e. The summed E-state index contributed by atoms with van der Waals surface area (Å²) in [6, 6.07) is 5.27. The molecule has 1 N–H and O–H groups in total. The SMILES string of the molecule is CCOC(=O)c1ccc2c(c1)sc(=NC(=O)CSCC(=O)Nc1sc3c(c1C(=O)OC)CCC3)n2CC. The van der Waals surface area contributed by atoms with Gasteiger partial charge >= 0.3 is 11.9 Å². The zero-order valence-corrected chi connectivity index (χ0v) is 23.2. The van der Waals surface area contributed by atoms with Crippen LogP contribution in [0.15, 0.2) is 23.2 Å². The number of amides is 2. The van der Waals surface area contributed by atoms with Gasteiger partial charge in [0.1, 0.15) is 5.00 Å². The Morgan fingerprint density at radius 1 is 1.11 bits per heavy atom. The van der Waals surface area contributed by atoms with Crippen molar-refractivity contribution in [2.45, 2.75) is 39.7 Å². The fourth-order valence-electron chi connectivity index (χ4n) is 4.15. The topological polar surface area (TPSA) is 116 Å². The number of aromatic nitrogens is 1. The smallest absolute Gasteiger partial charge is 0.341 e. The molecule has 0 aliphatic heterocycles. The maximum Gasteiger partial charge on any atom is 0.341 e. The number of anilines is 1. The highest BCUT2D eigenvalue weighted by Gasteiger charge is 2.28. The van der Waals surface area contributed by atoms with Crippen molar-refractivity contribution in [1.82, 2.24) is 4.57 Å². The average molecular weight is 562 g/mol. The van der Waals surface area contributed by atoms with Crippen LogP contribution < -0.4 is 10.1 Å². The lowest BCUT2D eigenvalue weighted by atomic mass is 10.1. The van der Waals surface area contributed by atoms with Crippen molar-refractivity contribution >= 4 is 73.4 Å². The highest BCUT2D eigenvalue weighted by molar-refractivity contribution is 8.00. The highest BCUT2D eigenvalue weighted by atomic mass is 32.2. The summed E-state index contributed by atoms with van der Waals surface area (Å²) in [5.74, 6) is -1.41. The van der Waals surface area contributed by atoms with E-state index in [4.69, 9.17) is 9.47 Å². The Bertz CT molecular complexity index is 1440. The molecule has 2 amide bonds. The molecule has 196 valence electrons. The third-order valence-electron chi connectivity index (χ3n) is 5.75. The van der Waals surface area contributed by atoms with Crippen LogP contribution in [-0.4, -0.2) is 53.5 Å². The van der Waals surface area contributed by atoms with Crippen LogP contribution in [0, 0.1) is 0 Å². The number of hydrogen-bond acceptors (Lipinski definition) is 9. The molecular formula is C25H27N3O6S3. The van der Waals surface area contributed by atoms with Gasteiger partial charge in [-0.25, -0.2) is 9.59 Å². The number of nitrogens with zero attached hydrogens (tertiary/aromatic N) is 2. The molecule has 0 saturated carbocycles. The summed E-state index contributed by atoms with van der Waals surface area (Å²) in [5, 5.41) is 3.32. The summed E-state index contributed by atoms with van der Waals surface area (Å²) in [5.41, 5.74) is 2.74. The molecule has 0 bridgehead atoms. The van der Waals surface area contributed by atoms with Gasteiger partial charge in [-0.1, -0.05) is 11.3 Å². The number of aryl methyl sites for hydroxylation is 2. The van der Waals surface area contributed by atoms with Crippen molar-refractivity contribution in [1.29, 1.82) is 0 Å². The van der Waals surface area contributed by atoms with Crippen LogP contribution in [0.5, 0.6) is 0 Å². The zero-order chi connectivity index (χ0) is 26.5. The predicted molar refractivity (Wildman–Crippen MR) is 146 cm³/mol. The Morgan fingerprint density at radius 3 is 2.65 bits per heavy atom. The van der Waals surface area contributed by atoms with Crippen LogP contribution in [0.25, 0.3) is 10.2 Å². The second kappa shape index (κ2) is 12.1. The van der Waals surface area contributed by atoms with Crippen molar-refractivity contribution in [3.63, 3.8) is 0 Å². The second-order valence-electron chi connectivity index (χ2n) is 8.13. The van der Waals surface area contributed by atoms with Crippen LogP contribution in [0.1, 0.15) is 51.4 Å². The third kappa shape index (κ3) is 5.97. The molecule has 1 aromatic carbocycles. The lowest BCUT2D eigenvalue weighted by molar-refractivity contribution is -0.115. The number of thiazole rings is 1. The molecule has 0 atom stereocenters. The molecule has 9 nitrogen and oxygen atoms in total. The molecule has 0 unspecified atom stereocenters. The number of ether oxygens (including phenoxy) is 2. The molecule has 0 spiro atoms. The molecule has 12 heteroatoms. The molecule has 2 heterocycles. The monoisotopic (exact) mass is 561 g/mol. The average Bonchev–Trinajstić information content (AvgIpc) is 3.55. The van der Waals surface area contributed by atoms with Gasteiger partial charge in [0.2, 0.25) is 5.91 Å². The van der Waals surface area contributed by atoms with Crippen molar-refractivity contribution in [3.05, 3.63) is 44.6 Å². The van der Waals surface area contributed by atoms with Gasteiger partial charge in [0.25, 0.3) is 5.91 Å². The van der Waals surface area contributed by atoms with Crippen molar-refractivity contribution in [3.8, 4) is 0 Å². The molecule has 3 aromatic rings. The number of thiophene rings is 1. The normalized spacial score (nSPS) is 13.0. The number of nitrogens with one attached hydrogen (secondary N) is 1. The molecule has 0 saturated heterocycles. The number of rotatable bonds is 9. The van der Waals surface area contributed by atoms with Gasteiger partial charge in [-0.15, -0.1) is 23.1 Å². The summed E-state index contributed by atoms with van der Waals surface area (Å²) in [6.45, 7) is 4.61. The molecule has 0 radical (unpaired) electrons. The van der Waals surface area contributed by atoms with Gasteiger partial charge in [-0.2, -0.15) is 4.99 Å². The van der Waals surface area contributed by atoms with E-state index in [-0.39, 0.29) is 23.3 Å². The minimum Gasteiger partial charge on any atom is -0.465 e. The number of carbonyl (C=O) groups is 4. The number of thioether (sulfide) groups is 1. The first kappa shape index (κ1) is 27.1. The van der Waals surface area contributed by atoms with Gasteiger partial charge in [-0.05, 0) is 56.9 Å². The van der Waals surface area contributed by atoms with E-state index in [2.05, 4.69) is 10.3 Å². The van der Waals surface area contributed by atoms with Crippen LogP contribution >= 0.6 is 34.4 Å². The Labute approximate surface area is 225 Å². The highest BCUT2D eigenvalue weighted by Crippen LogP contribution is 2.39. The van der Waals surface area contributed by atoms with E-state index >= 15 is 0 Å². The van der Waals surface area contributed by atoms with E-state index in [9.17, 15) is 19.2 Å². The minimum absolute atomic E-state index is 0.0320. The van der Waals surface area contributed by atoms with Crippen molar-refractivity contribution in [2.75, 3.05) is 30.5 Å². The Kier molecular flexibility index (Phi) is 8.83. The number of methoxy groups -OCH3 is 1. The number of carbonyl (C=O) groups excluding carboxylic acids is 4. The van der Waals surface area contributed by atoms with Crippen molar-refractivity contribution in [2.24, 2.45) is 4.99 Å². The second-order valence-corrected chi connectivity index (χ2v) is 11.2. The molecule has 0 fully saturated rings. The van der Waals surface area contributed by atoms with Crippen LogP contribution in [0.4, 0.5) is 5.00 Å². The first-order valence-corrected chi connectivity index (χ1v) is 14.6. The van der Waals surface area contributed by atoms with Gasteiger partial charge in [0.05, 0.1) is 46.6 Å². The zero-order valence-electron chi connectivity index (χ0n) is 20.8. The first-order chi connectivity index (χ1) is 17.9. The minimum atomic E-state index is -0.446. The Balaban J connectivity index is 1.40.